The minimum absolute atomic E-state index is 0.109. The Bertz CT molecular complexity index is 476. The molecule has 0 bridgehead atoms. The molecule has 19 heavy (non-hydrogen) atoms. The van der Waals surface area contributed by atoms with Crippen molar-refractivity contribution in [3.05, 3.63) is 23.8 Å². The average Bonchev–Trinajstić information content (AvgIpc) is 2.36. The summed E-state index contributed by atoms with van der Waals surface area (Å²) in [6.07, 6.45) is 2.25. The van der Waals surface area contributed by atoms with Gasteiger partial charge in [-0.05, 0) is 25.5 Å². The Hall–Kier alpha value is -1.56. The van der Waals surface area contributed by atoms with E-state index >= 15 is 0 Å². The number of carbonyl (C=O) groups is 1. The molecule has 2 unspecified atom stereocenters. The van der Waals surface area contributed by atoms with Crippen molar-refractivity contribution >= 4 is 16.7 Å². The van der Waals surface area contributed by atoms with Crippen LogP contribution < -0.4 is 10.1 Å². The molecule has 1 aromatic rings. The van der Waals surface area contributed by atoms with E-state index in [1.807, 2.05) is 6.92 Å². The number of phenolic OH excluding ortho intramolecular Hbond substituents is 1. The number of hydrogen-bond donors (Lipinski definition) is 2. The Kier molecular flexibility index (Phi) is 5.82. The summed E-state index contributed by atoms with van der Waals surface area (Å²) in [7, 11) is 0.551. The second-order valence-electron chi connectivity index (χ2n) is 4.30. The molecule has 0 aliphatic heterocycles. The second kappa shape index (κ2) is 7.13. The fourth-order valence-corrected chi connectivity index (χ4v) is 2.27. The maximum atomic E-state index is 12.0. The molecule has 0 saturated heterocycles. The summed E-state index contributed by atoms with van der Waals surface area (Å²) in [6.45, 7) is 1.84. The van der Waals surface area contributed by atoms with Gasteiger partial charge in [0.1, 0.15) is 0 Å². The lowest BCUT2D eigenvalue weighted by Crippen LogP contribution is -2.33. The lowest BCUT2D eigenvalue weighted by Gasteiger charge is -2.14. The topological polar surface area (TPSA) is 75.6 Å². The predicted octanol–water partition coefficient (Wildman–Crippen LogP) is 1.29. The van der Waals surface area contributed by atoms with Crippen LogP contribution in [0.15, 0.2) is 18.2 Å². The molecule has 2 N–H and O–H groups in total. The van der Waals surface area contributed by atoms with E-state index in [4.69, 9.17) is 4.74 Å². The van der Waals surface area contributed by atoms with E-state index < -0.39 is 10.8 Å². The standard InChI is InChI=1S/C13H19NO4S/c1-9(7-8-19(3)17)14-13(16)10-5-4-6-11(18-2)12(10)15/h4-6,9,15H,7-8H2,1-3H3,(H,14,16). The monoisotopic (exact) mass is 285 g/mol. The fraction of sp³-hybridized carbons (Fsp3) is 0.462. The third-order valence-corrected chi connectivity index (χ3v) is 3.49. The van der Waals surface area contributed by atoms with Gasteiger partial charge in [-0.1, -0.05) is 6.07 Å². The van der Waals surface area contributed by atoms with Crippen molar-refractivity contribution < 1.29 is 18.8 Å². The number of aromatic hydroxyl groups is 1. The Labute approximate surface area is 115 Å². The van der Waals surface area contributed by atoms with Crippen LogP contribution in [0.2, 0.25) is 0 Å². The highest BCUT2D eigenvalue weighted by Crippen LogP contribution is 2.29. The van der Waals surface area contributed by atoms with Crippen molar-refractivity contribution in [2.45, 2.75) is 19.4 Å². The summed E-state index contributed by atoms with van der Waals surface area (Å²) in [4.78, 5) is 12.0. The molecule has 0 aromatic heterocycles. The minimum atomic E-state index is -0.876. The van der Waals surface area contributed by atoms with Crippen LogP contribution in [-0.2, 0) is 10.8 Å². The number of ether oxygens (including phenoxy) is 1. The number of benzene rings is 1. The molecule has 0 aliphatic carbocycles. The Morgan fingerprint density at radius 2 is 2.21 bits per heavy atom. The van der Waals surface area contributed by atoms with Crippen LogP contribution in [0.3, 0.4) is 0 Å². The third-order valence-electron chi connectivity index (χ3n) is 2.68. The van der Waals surface area contributed by atoms with E-state index in [1.54, 1.807) is 18.4 Å². The molecule has 5 nitrogen and oxygen atoms in total. The molecule has 1 amide bonds. The van der Waals surface area contributed by atoms with Crippen molar-refractivity contribution in [1.82, 2.24) is 5.32 Å². The number of amides is 1. The molecule has 0 spiro atoms. The molecule has 0 saturated carbocycles. The van der Waals surface area contributed by atoms with E-state index in [-0.39, 0.29) is 29.0 Å². The minimum Gasteiger partial charge on any atom is -0.504 e. The van der Waals surface area contributed by atoms with Gasteiger partial charge in [0, 0.05) is 28.9 Å². The third kappa shape index (κ3) is 4.55. The van der Waals surface area contributed by atoms with Crippen LogP contribution >= 0.6 is 0 Å². The molecule has 1 aromatic carbocycles. The summed E-state index contributed by atoms with van der Waals surface area (Å²) < 4.78 is 15.9. The maximum absolute atomic E-state index is 12.0. The van der Waals surface area contributed by atoms with Gasteiger partial charge in [-0.25, -0.2) is 0 Å². The van der Waals surface area contributed by atoms with E-state index in [1.165, 1.54) is 13.2 Å². The fourth-order valence-electron chi connectivity index (χ4n) is 1.59. The van der Waals surface area contributed by atoms with E-state index in [9.17, 15) is 14.1 Å². The smallest absolute Gasteiger partial charge is 0.255 e. The first-order chi connectivity index (χ1) is 8.95. The Balaban J connectivity index is 2.70. The van der Waals surface area contributed by atoms with Crippen molar-refractivity contribution in [2.75, 3.05) is 19.1 Å². The molecule has 106 valence electrons. The molecule has 0 radical (unpaired) electrons. The van der Waals surface area contributed by atoms with Crippen LogP contribution in [0.1, 0.15) is 23.7 Å². The quantitative estimate of drug-likeness (QED) is 0.826. The molecule has 0 heterocycles. The van der Waals surface area contributed by atoms with Gasteiger partial charge >= 0.3 is 0 Å². The first-order valence-corrected chi connectivity index (χ1v) is 7.65. The van der Waals surface area contributed by atoms with Gasteiger partial charge in [-0.15, -0.1) is 0 Å². The number of para-hydroxylation sites is 1. The Morgan fingerprint density at radius 3 is 2.79 bits per heavy atom. The number of hydrogen-bond acceptors (Lipinski definition) is 4. The van der Waals surface area contributed by atoms with Gasteiger partial charge < -0.3 is 15.2 Å². The summed E-state index contributed by atoms with van der Waals surface area (Å²) >= 11 is 0. The number of phenols is 1. The summed E-state index contributed by atoms with van der Waals surface area (Å²) in [6, 6.07) is 4.63. The normalized spacial score (nSPS) is 13.6. The first-order valence-electron chi connectivity index (χ1n) is 5.92. The van der Waals surface area contributed by atoms with Crippen molar-refractivity contribution in [2.24, 2.45) is 0 Å². The maximum Gasteiger partial charge on any atom is 0.255 e. The van der Waals surface area contributed by atoms with Gasteiger partial charge in [0.2, 0.25) is 0 Å². The van der Waals surface area contributed by atoms with Gasteiger partial charge in [-0.2, -0.15) is 0 Å². The van der Waals surface area contributed by atoms with Crippen molar-refractivity contribution in [3.63, 3.8) is 0 Å². The zero-order valence-electron chi connectivity index (χ0n) is 11.3. The highest BCUT2D eigenvalue weighted by Gasteiger charge is 2.16. The second-order valence-corrected chi connectivity index (χ2v) is 5.85. The van der Waals surface area contributed by atoms with Crippen LogP contribution in [0.4, 0.5) is 0 Å². The summed E-state index contributed by atoms with van der Waals surface area (Å²) in [5.74, 6) is 0.250. The first kappa shape index (κ1) is 15.5. The molecule has 1 rings (SSSR count). The van der Waals surface area contributed by atoms with Crippen LogP contribution in [0.5, 0.6) is 11.5 Å². The van der Waals surface area contributed by atoms with E-state index in [0.717, 1.165) is 0 Å². The highest BCUT2D eigenvalue weighted by molar-refractivity contribution is 7.84. The van der Waals surface area contributed by atoms with Crippen LogP contribution in [-0.4, -0.2) is 40.4 Å². The number of carbonyl (C=O) groups excluding carboxylic acids is 1. The van der Waals surface area contributed by atoms with Crippen LogP contribution in [0.25, 0.3) is 0 Å². The summed E-state index contributed by atoms with van der Waals surface area (Å²) in [5, 5.41) is 12.6. The lowest BCUT2D eigenvalue weighted by atomic mass is 10.1. The zero-order chi connectivity index (χ0) is 14.4. The largest absolute Gasteiger partial charge is 0.504 e. The SMILES string of the molecule is COc1cccc(C(=O)NC(C)CCS(C)=O)c1O. The molecular formula is C13H19NO4S. The lowest BCUT2D eigenvalue weighted by molar-refractivity contribution is 0.0936. The van der Waals surface area contributed by atoms with Gasteiger partial charge in [-0.3, -0.25) is 9.00 Å². The highest BCUT2D eigenvalue weighted by atomic mass is 32.2. The van der Waals surface area contributed by atoms with E-state index in [2.05, 4.69) is 5.32 Å². The average molecular weight is 285 g/mol. The van der Waals surface area contributed by atoms with Crippen molar-refractivity contribution in [1.29, 1.82) is 0 Å². The number of rotatable bonds is 6. The molecule has 6 heteroatoms. The predicted molar refractivity (Wildman–Crippen MR) is 75.1 cm³/mol. The number of nitrogens with one attached hydrogen (secondary N) is 1. The Morgan fingerprint density at radius 1 is 1.53 bits per heavy atom. The zero-order valence-corrected chi connectivity index (χ0v) is 12.1. The van der Waals surface area contributed by atoms with Gasteiger partial charge in [0.05, 0.1) is 12.7 Å². The van der Waals surface area contributed by atoms with E-state index in [0.29, 0.717) is 12.2 Å². The number of methoxy groups -OCH3 is 1. The van der Waals surface area contributed by atoms with Crippen molar-refractivity contribution in [3.8, 4) is 11.5 Å². The molecule has 2 atom stereocenters. The molecular weight excluding hydrogens is 266 g/mol. The molecule has 0 aliphatic rings. The van der Waals surface area contributed by atoms with Crippen LogP contribution in [0, 0.1) is 0 Å². The van der Waals surface area contributed by atoms with Gasteiger partial charge in [0.25, 0.3) is 5.91 Å². The van der Waals surface area contributed by atoms with Gasteiger partial charge in [0.15, 0.2) is 11.5 Å². The molecule has 0 fully saturated rings. The summed E-state index contributed by atoms with van der Waals surface area (Å²) in [5.41, 5.74) is 0.170.